The van der Waals surface area contributed by atoms with Crippen molar-refractivity contribution in [1.29, 1.82) is 0 Å². The van der Waals surface area contributed by atoms with Crippen molar-refractivity contribution in [2.75, 3.05) is 5.75 Å². The Morgan fingerprint density at radius 1 is 1.32 bits per heavy atom. The van der Waals surface area contributed by atoms with E-state index < -0.39 is 0 Å². The van der Waals surface area contributed by atoms with Crippen LogP contribution in [0.2, 0.25) is 0 Å². The van der Waals surface area contributed by atoms with Crippen molar-refractivity contribution in [3.8, 4) is 0 Å². The van der Waals surface area contributed by atoms with Crippen LogP contribution in [-0.4, -0.2) is 26.1 Å². The van der Waals surface area contributed by atoms with Crippen molar-refractivity contribution < 1.29 is 4.79 Å². The molecule has 0 aliphatic carbocycles. The zero-order chi connectivity index (χ0) is 18.0. The van der Waals surface area contributed by atoms with E-state index in [4.69, 9.17) is 0 Å². The fraction of sp³-hybridized carbons (Fsp3) is 0.421. The summed E-state index contributed by atoms with van der Waals surface area (Å²) < 4.78 is 3.32. The molecule has 3 aromatic heterocycles. The summed E-state index contributed by atoms with van der Waals surface area (Å²) in [6, 6.07) is 4.01. The van der Waals surface area contributed by atoms with Gasteiger partial charge in [-0.05, 0) is 43.7 Å². The summed E-state index contributed by atoms with van der Waals surface area (Å²) in [6.45, 7) is 9.55. The van der Waals surface area contributed by atoms with Crippen LogP contribution in [0.5, 0.6) is 0 Å². The van der Waals surface area contributed by atoms with Crippen molar-refractivity contribution in [2.45, 2.75) is 45.7 Å². The Bertz CT molecular complexity index is 895. The molecule has 3 aromatic rings. The number of aromatic nitrogens is 3. The topological polar surface area (TPSA) is 47.8 Å². The van der Waals surface area contributed by atoms with E-state index >= 15 is 0 Å². The molecule has 0 fully saturated rings. The van der Waals surface area contributed by atoms with Crippen molar-refractivity contribution in [1.82, 2.24) is 14.5 Å². The van der Waals surface area contributed by atoms with Gasteiger partial charge in [-0.1, -0.05) is 25.6 Å². The number of carbonyl (C=O) groups excluding carboxylic acids is 1. The van der Waals surface area contributed by atoms with Crippen molar-refractivity contribution >= 4 is 39.1 Å². The maximum atomic E-state index is 12.7. The molecule has 0 aliphatic rings. The molecule has 0 saturated heterocycles. The van der Waals surface area contributed by atoms with Crippen LogP contribution in [0, 0.1) is 19.8 Å². The van der Waals surface area contributed by atoms with Gasteiger partial charge in [0, 0.05) is 23.5 Å². The number of fused-ring (bicyclic) bond motifs is 1. The first-order chi connectivity index (χ1) is 12.0. The zero-order valence-electron chi connectivity index (χ0n) is 15.1. The maximum Gasteiger partial charge on any atom is 0.174 e. The number of ketones is 1. The number of hydrogen-bond donors (Lipinski definition) is 0. The van der Waals surface area contributed by atoms with Crippen LogP contribution in [0.3, 0.4) is 0 Å². The fourth-order valence-electron chi connectivity index (χ4n) is 2.90. The highest BCUT2D eigenvalue weighted by atomic mass is 32.2. The molecule has 0 aromatic carbocycles. The second-order valence-electron chi connectivity index (χ2n) is 6.64. The number of hydrogen-bond acceptors (Lipinski definition) is 5. The van der Waals surface area contributed by atoms with Gasteiger partial charge in [0.05, 0.1) is 16.0 Å². The summed E-state index contributed by atoms with van der Waals surface area (Å²) in [5.74, 6) is 1.22. The highest BCUT2D eigenvalue weighted by Gasteiger charge is 2.17. The van der Waals surface area contributed by atoms with Gasteiger partial charge in [-0.25, -0.2) is 9.97 Å². The quantitative estimate of drug-likeness (QED) is 0.327. The lowest BCUT2D eigenvalue weighted by molar-refractivity contribution is 0.102. The lowest BCUT2D eigenvalue weighted by Gasteiger charge is -2.11. The minimum Gasteiger partial charge on any atom is -0.348 e. The lowest BCUT2D eigenvalue weighted by Crippen LogP contribution is -2.08. The molecule has 0 N–H and O–H groups in total. The molecule has 0 unspecified atom stereocenters. The average molecular weight is 374 g/mol. The van der Waals surface area contributed by atoms with E-state index in [-0.39, 0.29) is 5.78 Å². The number of rotatable bonds is 7. The van der Waals surface area contributed by atoms with Crippen LogP contribution in [0.4, 0.5) is 0 Å². The molecule has 0 bridgehead atoms. The lowest BCUT2D eigenvalue weighted by atomic mass is 10.1. The van der Waals surface area contributed by atoms with Gasteiger partial charge in [-0.2, -0.15) is 0 Å². The van der Waals surface area contributed by atoms with Crippen LogP contribution in [0.25, 0.3) is 10.2 Å². The number of thiophene rings is 1. The van der Waals surface area contributed by atoms with Gasteiger partial charge < -0.3 is 4.57 Å². The van der Waals surface area contributed by atoms with Gasteiger partial charge in [0.1, 0.15) is 11.4 Å². The zero-order valence-corrected chi connectivity index (χ0v) is 16.7. The van der Waals surface area contributed by atoms with Crippen molar-refractivity contribution in [3.63, 3.8) is 0 Å². The van der Waals surface area contributed by atoms with Crippen LogP contribution in [0.15, 0.2) is 28.9 Å². The number of Topliss-reactive ketones (excluding diaryl/α,β-unsaturated/α-hetero) is 1. The molecule has 0 aliphatic heterocycles. The van der Waals surface area contributed by atoms with Gasteiger partial charge in [0.15, 0.2) is 5.78 Å². The summed E-state index contributed by atoms with van der Waals surface area (Å²) in [6.07, 6.45) is 2.69. The normalized spacial score (nSPS) is 11.6. The second-order valence-corrected chi connectivity index (χ2v) is 8.52. The largest absolute Gasteiger partial charge is 0.348 e. The molecule has 3 heterocycles. The molecule has 3 rings (SSSR count). The first kappa shape index (κ1) is 18.1. The SMILES string of the molecule is Cc1cc(C(=O)CSc2ncnc3ccsc23)c(C)n1CCC(C)C. The number of thioether (sulfide) groups is 1. The standard InChI is InChI=1S/C19H23N3OS2/c1-12(2)5-7-22-13(3)9-15(14(22)4)17(23)10-25-19-18-16(6-8-24-18)20-11-21-19/h6,8-9,11-12H,5,7,10H2,1-4H3. The molecule has 4 nitrogen and oxygen atoms in total. The summed E-state index contributed by atoms with van der Waals surface area (Å²) in [7, 11) is 0. The molecule has 0 spiro atoms. The first-order valence-corrected chi connectivity index (χ1v) is 10.3. The predicted octanol–water partition coefficient (Wildman–Crippen LogP) is 5.13. The van der Waals surface area contributed by atoms with Gasteiger partial charge in [-0.15, -0.1) is 11.3 Å². The molecule has 0 atom stereocenters. The summed E-state index contributed by atoms with van der Waals surface area (Å²) in [4.78, 5) is 21.3. The Morgan fingerprint density at radius 2 is 2.12 bits per heavy atom. The summed E-state index contributed by atoms with van der Waals surface area (Å²) in [5, 5.41) is 2.90. The molecule has 132 valence electrons. The van der Waals surface area contributed by atoms with Gasteiger partial charge in [0.2, 0.25) is 0 Å². The number of nitrogens with zero attached hydrogens (tertiary/aromatic N) is 3. The Morgan fingerprint density at radius 3 is 2.88 bits per heavy atom. The van der Waals surface area contributed by atoms with E-state index in [0.29, 0.717) is 11.7 Å². The third kappa shape index (κ3) is 3.96. The second kappa shape index (κ2) is 7.70. The van der Waals surface area contributed by atoms with E-state index in [1.807, 2.05) is 24.4 Å². The van der Waals surface area contributed by atoms with E-state index in [2.05, 4.69) is 35.3 Å². The predicted molar refractivity (Wildman–Crippen MR) is 106 cm³/mol. The van der Waals surface area contributed by atoms with E-state index in [0.717, 1.165) is 45.2 Å². The van der Waals surface area contributed by atoms with Gasteiger partial charge >= 0.3 is 0 Å². The molecule has 6 heteroatoms. The molecule has 25 heavy (non-hydrogen) atoms. The van der Waals surface area contributed by atoms with Crippen molar-refractivity contribution in [3.05, 3.63) is 40.8 Å². The summed E-state index contributed by atoms with van der Waals surface area (Å²) in [5.41, 5.74) is 4.02. The Labute approximate surface area is 156 Å². The number of aryl methyl sites for hydroxylation is 1. The average Bonchev–Trinajstić information content (AvgIpc) is 3.16. The first-order valence-electron chi connectivity index (χ1n) is 8.48. The fourth-order valence-corrected chi connectivity index (χ4v) is 4.73. The van der Waals surface area contributed by atoms with E-state index in [9.17, 15) is 4.79 Å². The Kier molecular flexibility index (Phi) is 5.59. The van der Waals surface area contributed by atoms with Crippen LogP contribution < -0.4 is 0 Å². The minimum absolute atomic E-state index is 0.164. The third-order valence-corrected chi connectivity index (χ3v) is 6.38. The van der Waals surface area contributed by atoms with Crippen molar-refractivity contribution in [2.24, 2.45) is 5.92 Å². The van der Waals surface area contributed by atoms with E-state index in [1.165, 1.54) is 11.8 Å². The molecule has 0 radical (unpaired) electrons. The highest BCUT2D eigenvalue weighted by Crippen LogP contribution is 2.29. The summed E-state index contributed by atoms with van der Waals surface area (Å²) >= 11 is 3.12. The number of carbonyl (C=O) groups is 1. The monoisotopic (exact) mass is 373 g/mol. The van der Waals surface area contributed by atoms with Gasteiger partial charge in [0.25, 0.3) is 0 Å². The van der Waals surface area contributed by atoms with Gasteiger partial charge in [-0.3, -0.25) is 4.79 Å². The van der Waals surface area contributed by atoms with Crippen LogP contribution in [0.1, 0.15) is 42.0 Å². The highest BCUT2D eigenvalue weighted by molar-refractivity contribution is 8.00. The molecule has 0 saturated carbocycles. The van der Waals surface area contributed by atoms with Crippen LogP contribution >= 0.6 is 23.1 Å². The minimum atomic E-state index is 0.164. The van der Waals surface area contributed by atoms with E-state index in [1.54, 1.807) is 17.7 Å². The Hall–Kier alpha value is -1.66. The Balaban J connectivity index is 1.73. The molecule has 0 amide bonds. The molecular weight excluding hydrogens is 350 g/mol. The van der Waals surface area contributed by atoms with Crippen LogP contribution in [-0.2, 0) is 6.54 Å². The third-order valence-electron chi connectivity index (χ3n) is 4.35. The molecular formula is C19H23N3OS2. The maximum absolute atomic E-state index is 12.7. The smallest absolute Gasteiger partial charge is 0.174 e.